The molecular weight excluding hydrogens is 514 g/mol. The summed E-state index contributed by atoms with van der Waals surface area (Å²) >= 11 is 0. The van der Waals surface area contributed by atoms with Crippen molar-refractivity contribution in [3.05, 3.63) is 86.4 Å². The highest BCUT2D eigenvalue weighted by Crippen LogP contribution is 2.45. The number of carbonyl (C=O) groups is 3. The lowest BCUT2D eigenvalue weighted by atomic mass is 9.83. The number of hydrogen-bond donors (Lipinski definition) is 2. The normalized spacial score (nSPS) is 19.8. The molecule has 0 saturated carbocycles. The van der Waals surface area contributed by atoms with Crippen LogP contribution in [0, 0.1) is 16.0 Å². The number of non-ortho nitro benzene ring substituents is 1. The molecule has 0 bridgehead atoms. The number of nitro benzene ring substituents is 1. The Hall–Kier alpha value is -3.90. The molecule has 0 radical (unpaired) electrons. The van der Waals surface area contributed by atoms with Gasteiger partial charge in [-0.05, 0) is 30.2 Å². The summed E-state index contributed by atoms with van der Waals surface area (Å²) < 4.78 is 18.6. The van der Waals surface area contributed by atoms with Crippen molar-refractivity contribution in [3.8, 4) is 0 Å². The van der Waals surface area contributed by atoms with Gasteiger partial charge in [-0.3, -0.25) is 23.9 Å². The summed E-state index contributed by atoms with van der Waals surface area (Å²) in [4.78, 5) is 49.8. The Labute approximate surface area is 221 Å². The summed E-state index contributed by atoms with van der Waals surface area (Å²) in [6, 6.07) is 14.1. The maximum absolute atomic E-state index is 13.2. The Morgan fingerprint density at radius 2 is 1.87 bits per heavy atom. The predicted octanol–water partition coefficient (Wildman–Crippen LogP) is 1.57. The molecule has 2 aliphatic rings. The lowest BCUT2D eigenvalue weighted by molar-refractivity contribution is -0.384. The topological polar surface area (TPSA) is 156 Å². The molecule has 2 heterocycles. The van der Waals surface area contributed by atoms with Crippen molar-refractivity contribution in [2.24, 2.45) is 5.92 Å². The highest BCUT2D eigenvalue weighted by molar-refractivity contribution is 7.89. The van der Waals surface area contributed by atoms with Gasteiger partial charge in [0.25, 0.3) is 5.69 Å². The van der Waals surface area contributed by atoms with Crippen LogP contribution >= 0.6 is 0 Å². The molecule has 2 aromatic rings. The first-order valence-corrected chi connectivity index (χ1v) is 13.3. The number of fused-ring (bicyclic) bond motifs is 1. The van der Waals surface area contributed by atoms with E-state index >= 15 is 0 Å². The number of ether oxygens (including phenoxy) is 1. The largest absolute Gasteiger partial charge is 0.456 e. The quantitative estimate of drug-likeness (QED) is 0.188. The number of aliphatic hydroxyl groups is 1. The number of amides is 2. The van der Waals surface area contributed by atoms with Gasteiger partial charge in [0.05, 0.1) is 40.2 Å². The van der Waals surface area contributed by atoms with Crippen molar-refractivity contribution < 1.29 is 33.4 Å². The lowest BCUT2D eigenvalue weighted by Gasteiger charge is -2.44. The molecule has 4 unspecified atom stereocenters. The Kier molecular flexibility index (Phi) is 8.32. The monoisotopic (exact) mass is 541 g/mol. The van der Waals surface area contributed by atoms with Gasteiger partial charge < -0.3 is 20.1 Å². The summed E-state index contributed by atoms with van der Waals surface area (Å²) in [6.45, 7) is 1.39. The summed E-state index contributed by atoms with van der Waals surface area (Å²) in [5, 5.41) is 23.6. The molecule has 38 heavy (non-hydrogen) atoms. The van der Waals surface area contributed by atoms with E-state index in [4.69, 9.17) is 4.74 Å². The van der Waals surface area contributed by atoms with Crippen LogP contribution in [0.15, 0.2) is 65.2 Å². The van der Waals surface area contributed by atoms with Gasteiger partial charge in [0.15, 0.2) is 0 Å². The average Bonchev–Trinajstić information content (AvgIpc) is 3.23. The minimum atomic E-state index is -1.70. The molecule has 2 aromatic carbocycles. The van der Waals surface area contributed by atoms with Gasteiger partial charge in [0.2, 0.25) is 11.8 Å². The van der Waals surface area contributed by atoms with Gasteiger partial charge in [-0.25, -0.2) is 4.79 Å². The van der Waals surface area contributed by atoms with Crippen LogP contribution in [0.4, 0.5) is 5.69 Å². The fraction of sp³-hybridized carbons (Fsp3) is 0.346. The minimum Gasteiger partial charge on any atom is -0.456 e. The van der Waals surface area contributed by atoms with Gasteiger partial charge in [0.1, 0.15) is 12.3 Å². The fourth-order valence-electron chi connectivity index (χ4n) is 4.60. The zero-order chi connectivity index (χ0) is 27.4. The minimum absolute atomic E-state index is 0.0308. The molecule has 2 N–H and O–H groups in total. The fourth-order valence-corrected chi connectivity index (χ4v) is 5.89. The number of nitrogens with zero attached hydrogens (tertiary/aromatic N) is 2. The zero-order valence-corrected chi connectivity index (χ0v) is 21.4. The van der Waals surface area contributed by atoms with E-state index in [1.807, 2.05) is 30.3 Å². The summed E-state index contributed by atoms with van der Waals surface area (Å²) in [5.74, 6) is -2.21. The van der Waals surface area contributed by atoms with Crippen LogP contribution in [-0.4, -0.2) is 61.4 Å². The van der Waals surface area contributed by atoms with E-state index in [1.165, 1.54) is 36.1 Å². The van der Waals surface area contributed by atoms with Crippen LogP contribution in [0.2, 0.25) is 0 Å². The molecule has 1 saturated heterocycles. The van der Waals surface area contributed by atoms with E-state index in [9.17, 15) is 33.8 Å². The van der Waals surface area contributed by atoms with Crippen LogP contribution in [0.25, 0.3) is 0 Å². The van der Waals surface area contributed by atoms with Crippen molar-refractivity contribution in [2.75, 3.05) is 12.3 Å². The number of hydrogen-bond acceptors (Lipinski definition) is 8. The molecule has 11 nitrogen and oxygen atoms in total. The second-order valence-electron chi connectivity index (χ2n) is 9.08. The van der Waals surface area contributed by atoms with Crippen molar-refractivity contribution in [1.29, 1.82) is 0 Å². The SMILES string of the molecule is CC(O)C1C(=O)N2C(C(=O)OCc3ccc([N+](=O)[O-])cc3)=C(S(=O)CCNC(=O)Cc3ccccc3)CC12. The van der Waals surface area contributed by atoms with E-state index in [0.29, 0.717) is 5.56 Å². The Balaban J connectivity index is 1.42. The highest BCUT2D eigenvalue weighted by Gasteiger charge is 2.57. The van der Waals surface area contributed by atoms with E-state index < -0.39 is 45.7 Å². The maximum atomic E-state index is 13.2. The van der Waals surface area contributed by atoms with Crippen molar-refractivity contribution >= 4 is 34.3 Å². The second kappa shape index (κ2) is 11.7. The third kappa shape index (κ3) is 5.81. The van der Waals surface area contributed by atoms with Gasteiger partial charge in [-0.1, -0.05) is 30.3 Å². The number of benzene rings is 2. The first kappa shape index (κ1) is 27.1. The number of nitrogens with one attached hydrogen (secondary N) is 1. The second-order valence-corrected chi connectivity index (χ2v) is 10.7. The molecule has 0 spiro atoms. The number of β-lactam (4-membered cyclic amide) rings is 1. The van der Waals surface area contributed by atoms with Crippen molar-refractivity contribution in [3.63, 3.8) is 0 Å². The number of nitro groups is 1. The molecule has 1 fully saturated rings. The molecule has 2 aliphatic heterocycles. The summed E-state index contributed by atoms with van der Waals surface area (Å²) in [6.07, 6.45) is -0.615. The molecule has 200 valence electrons. The Morgan fingerprint density at radius 3 is 2.50 bits per heavy atom. The van der Waals surface area contributed by atoms with Gasteiger partial charge in [-0.2, -0.15) is 0 Å². The summed E-state index contributed by atoms with van der Waals surface area (Å²) in [5.41, 5.74) is 1.13. The highest BCUT2D eigenvalue weighted by atomic mass is 32.2. The zero-order valence-electron chi connectivity index (χ0n) is 20.6. The standard InChI is InChI=1S/C26H27N3O8S/c1-16(30)23-20-14-21(38(36)12-11-27-22(31)13-17-5-3-2-4-6-17)24(28(20)25(23)32)26(33)37-15-18-7-9-19(10-8-18)29(34)35/h2-10,16,20,23,30H,11-15H2,1H3,(H,27,31). The number of rotatable bonds is 11. The Bertz CT molecular complexity index is 1290. The number of aliphatic hydroxyl groups excluding tert-OH is 1. The third-order valence-electron chi connectivity index (χ3n) is 6.49. The first-order valence-electron chi connectivity index (χ1n) is 12.0. The third-order valence-corrected chi connectivity index (χ3v) is 7.98. The maximum Gasteiger partial charge on any atom is 0.356 e. The summed E-state index contributed by atoms with van der Waals surface area (Å²) in [7, 11) is -1.70. The van der Waals surface area contributed by atoms with Gasteiger partial charge in [-0.15, -0.1) is 0 Å². The van der Waals surface area contributed by atoms with E-state index in [1.54, 1.807) is 0 Å². The van der Waals surface area contributed by atoms with Gasteiger partial charge >= 0.3 is 5.97 Å². The molecule has 2 amide bonds. The first-order chi connectivity index (χ1) is 18.2. The van der Waals surface area contributed by atoms with Crippen LogP contribution in [-0.2, 0) is 42.9 Å². The lowest BCUT2D eigenvalue weighted by Crippen LogP contribution is -2.61. The van der Waals surface area contributed by atoms with E-state index in [-0.39, 0.29) is 53.9 Å². The van der Waals surface area contributed by atoms with Crippen LogP contribution in [0.5, 0.6) is 0 Å². The van der Waals surface area contributed by atoms with Crippen molar-refractivity contribution in [1.82, 2.24) is 10.2 Å². The van der Waals surface area contributed by atoms with Crippen LogP contribution in [0.1, 0.15) is 24.5 Å². The number of carbonyl (C=O) groups excluding carboxylic acids is 3. The molecule has 0 aromatic heterocycles. The molecule has 12 heteroatoms. The Morgan fingerprint density at radius 1 is 1.18 bits per heavy atom. The van der Waals surface area contributed by atoms with E-state index in [2.05, 4.69) is 5.32 Å². The van der Waals surface area contributed by atoms with Crippen LogP contribution in [0.3, 0.4) is 0 Å². The molecule has 0 aliphatic carbocycles. The van der Waals surface area contributed by atoms with Crippen molar-refractivity contribution in [2.45, 2.75) is 38.5 Å². The average molecular weight is 542 g/mol. The molecule has 4 rings (SSSR count). The smallest absolute Gasteiger partial charge is 0.356 e. The van der Waals surface area contributed by atoms with Crippen LogP contribution < -0.4 is 5.32 Å². The van der Waals surface area contributed by atoms with Gasteiger partial charge in [0, 0.05) is 35.8 Å². The molecular formula is C26H27N3O8S. The van der Waals surface area contributed by atoms with E-state index in [0.717, 1.165) is 5.56 Å². The predicted molar refractivity (Wildman–Crippen MR) is 137 cm³/mol. The molecule has 4 atom stereocenters. The number of esters is 1.